The van der Waals surface area contributed by atoms with Crippen LogP contribution in [0.2, 0.25) is 0 Å². The lowest BCUT2D eigenvalue weighted by Crippen LogP contribution is -2.61. The van der Waals surface area contributed by atoms with Crippen molar-refractivity contribution in [1.29, 1.82) is 0 Å². The summed E-state index contributed by atoms with van der Waals surface area (Å²) in [6, 6.07) is 10.8. The van der Waals surface area contributed by atoms with Crippen LogP contribution in [0.25, 0.3) is 0 Å². The molecule has 5 heteroatoms. The van der Waals surface area contributed by atoms with E-state index >= 15 is 0 Å². The number of ether oxygens (including phenoxy) is 2. The van der Waals surface area contributed by atoms with Gasteiger partial charge in [-0.25, -0.2) is 0 Å². The van der Waals surface area contributed by atoms with E-state index in [1.54, 1.807) is 0 Å². The Morgan fingerprint density at radius 2 is 1.36 bits per heavy atom. The predicted molar refractivity (Wildman–Crippen MR) is 129 cm³/mol. The second kappa shape index (κ2) is 10.9. The van der Waals surface area contributed by atoms with Gasteiger partial charge in [-0.3, -0.25) is 14.5 Å². The fraction of sp³-hybridized carbons (Fsp3) is 0.643. The molecule has 0 saturated heterocycles. The van der Waals surface area contributed by atoms with Gasteiger partial charge in [-0.2, -0.15) is 0 Å². The molecule has 1 aromatic carbocycles. The van der Waals surface area contributed by atoms with E-state index in [-0.39, 0.29) is 6.04 Å². The maximum Gasteiger partial charge on any atom is 0.325 e. The molecule has 1 aromatic rings. The Hall–Kier alpha value is -2.14. The molecule has 0 spiro atoms. The SMILES string of the molecule is COC(=O)C1(C(=O)OC)CC=C(Cc2ccccc2)C1N(C1CCCCC1)C1CCCCC1. The number of esters is 2. The standard InChI is InChI=1S/C28H39NO4/c1-32-26(30)28(27(31)33-2)19-18-22(20-21-12-6-3-7-13-21)25(28)29(23-14-8-4-9-15-23)24-16-10-5-11-17-24/h3,6-7,12-13,18,23-25H,4-5,8-11,14-17,19-20H2,1-2H3. The van der Waals surface area contributed by atoms with Gasteiger partial charge < -0.3 is 9.47 Å². The zero-order valence-electron chi connectivity index (χ0n) is 20.3. The molecule has 180 valence electrons. The summed E-state index contributed by atoms with van der Waals surface area (Å²) >= 11 is 0. The molecule has 33 heavy (non-hydrogen) atoms. The summed E-state index contributed by atoms with van der Waals surface area (Å²) < 4.78 is 10.6. The van der Waals surface area contributed by atoms with Crippen molar-refractivity contribution >= 4 is 11.9 Å². The fourth-order valence-electron chi connectivity index (χ4n) is 6.59. The highest BCUT2D eigenvalue weighted by Gasteiger charge is 2.61. The lowest BCUT2D eigenvalue weighted by Gasteiger charge is -2.49. The Morgan fingerprint density at radius 1 is 0.848 bits per heavy atom. The number of allylic oxidation sites excluding steroid dienone is 1. The average molecular weight is 454 g/mol. The molecule has 1 atom stereocenters. The van der Waals surface area contributed by atoms with Crippen molar-refractivity contribution in [3.63, 3.8) is 0 Å². The van der Waals surface area contributed by atoms with Gasteiger partial charge in [0.1, 0.15) is 0 Å². The number of carbonyl (C=O) groups excluding carboxylic acids is 2. The zero-order valence-corrected chi connectivity index (χ0v) is 20.3. The fourth-order valence-corrected chi connectivity index (χ4v) is 6.59. The van der Waals surface area contributed by atoms with Gasteiger partial charge in [0.25, 0.3) is 0 Å². The molecule has 0 aromatic heterocycles. The van der Waals surface area contributed by atoms with Gasteiger partial charge in [-0.15, -0.1) is 0 Å². The molecule has 0 aliphatic heterocycles. The van der Waals surface area contributed by atoms with E-state index in [1.165, 1.54) is 58.3 Å². The first-order valence-corrected chi connectivity index (χ1v) is 12.8. The molecule has 4 rings (SSSR count). The van der Waals surface area contributed by atoms with Gasteiger partial charge >= 0.3 is 11.9 Å². The number of nitrogens with zero attached hydrogens (tertiary/aromatic N) is 1. The third kappa shape index (κ3) is 4.75. The van der Waals surface area contributed by atoms with Crippen molar-refractivity contribution in [2.75, 3.05) is 14.2 Å². The van der Waals surface area contributed by atoms with Gasteiger partial charge in [0.05, 0.1) is 20.3 Å². The minimum absolute atomic E-state index is 0.316. The van der Waals surface area contributed by atoms with Crippen LogP contribution in [0.15, 0.2) is 42.0 Å². The van der Waals surface area contributed by atoms with Crippen molar-refractivity contribution in [3.05, 3.63) is 47.5 Å². The monoisotopic (exact) mass is 453 g/mol. The van der Waals surface area contributed by atoms with Crippen LogP contribution in [0.1, 0.15) is 76.2 Å². The third-order valence-electron chi connectivity index (χ3n) is 8.15. The molecule has 0 amide bonds. The summed E-state index contributed by atoms with van der Waals surface area (Å²) in [4.78, 5) is 29.5. The van der Waals surface area contributed by atoms with Gasteiger partial charge in [-0.1, -0.05) is 80.5 Å². The van der Waals surface area contributed by atoms with E-state index in [0.717, 1.165) is 37.7 Å². The number of rotatable bonds is 7. The summed E-state index contributed by atoms with van der Waals surface area (Å²) in [5, 5.41) is 0. The molecule has 2 saturated carbocycles. The van der Waals surface area contributed by atoms with Gasteiger partial charge in [0.2, 0.25) is 0 Å². The number of hydrogen-bond acceptors (Lipinski definition) is 5. The Bertz CT molecular complexity index is 803. The van der Waals surface area contributed by atoms with Gasteiger partial charge in [0, 0.05) is 12.1 Å². The second-order valence-corrected chi connectivity index (χ2v) is 10.0. The van der Waals surface area contributed by atoms with E-state index in [0.29, 0.717) is 18.5 Å². The van der Waals surface area contributed by atoms with Gasteiger partial charge in [0.15, 0.2) is 5.41 Å². The van der Waals surface area contributed by atoms with E-state index in [4.69, 9.17) is 9.47 Å². The molecular formula is C28H39NO4. The highest BCUT2D eigenvalue weighted by Crippen LogP contribution is 2.48. The first-order valence-electron chi connectivity index (χ1n) is 12.8. The first-order chi connectivity index (χ1) is 16.1. The summed E-state index contributed by atoms with van der Waals surface area (Å²) in [5.74, 6) is -0.925. The highest BCUT2D eigenvalue weighted by molar-refractivity contribution is 6.02. The van der Waals surface area contributed by atoms with E-state index in [2.05, 4.69) is 23.1 Å². The quantitative estimate of drug-likeness (QED) is 0.322. The normalized spacial score (nSPS) is 23.8. The maximum absolute atomic E-state index is 13.4. The van der Waals surface area contributed by atoms with Crippen LogP contribution in [0.3, 0.4) is 0 Å². The van der Waals surface area contributed by atoms with Crippen molar-refractivity contribution in [1.82, 2.24) is 4.90 Å². The number of hydrogen-bond donors (Lipinski definition) is 0. The van der Waals surface area contributed by atoms with Crippen LogP contribution < -0.4 is 0 Å². The Balaban J connectivity index is 1.80. The first kappa shape index (κ1) is 24.0. The topological polar surface area (TPSA) is 55.8 Å². The van der Waals surface area contributed by atoms with Crippen LogP contribution in [0.5, 0.6) is 0 Å². The van der Waals surface area contributed by atoms with Crippen LogP contribution in [-0.4, -0.2) is 49.2 Å². The number of benzene rings is 1. The summed E-state index contributed by atoms with van der Waals surface area (Å²) in [7, 11) is 2.79. The van der Waals surface area contributed by atoms with Crippen LogP contribution in [0, 0.1) is 5.41 Å². The molecule has 3 aliphatic rings. The van der Waals surface area contributed by atoms with Crippen molar-refractivity contribution in [2.24, 2.45) is 5.41 Å². The van der Waals surface area contributed by atoms with Crippen molar-refractivity contribution in [2.45, 2.75) is 95.2 Å². The predicted octanol–water partition coefficient (Wildman–Crippen LogP) is 5.23. The van der Waals surface area contributed by atoms with Crippen LogP contribution in [0.4, 0.5) is 0 Å². The highest BCUT2D eigenvalue weighted by atomic mass is 16.5. The molecule has 0 radical (unpaired) electrons. The van der Waals surface area contributed by atoms with Crippen LogP contribution in [-0.2, 0) is 25.5 Å². The summed E-state index contributed by atoms with van der Waals surface area (Å²) in [6.45, 7) is 0. The number of methoxy groups -OCH3 is 2. The van der Waals surface area contributed by atoms with E-state index < -0.39 is 17.4 Å². The van der Waals surface area contributed by atoms with Crippen molar-refractivity contribution in [3.8, 4) is 0 Å². The summed E-state index contributed by atoms with van der Waals surface area (Å²) in [6.07, 6.45) is 15.1. The molecule has 0 heterocycles. The molecule has 0 N–H and O–H groups in total. The molecular weight excluding hydrogens is 414 g/mol. The average Bonchev–Trinajstić information content (AvgIpc) is 3.24. The Kier molecular flexibility index (Phi) is 7.90. The smallest absolute Gasteiger partial charge is 0.325 e. The Labute approximate surface area is 198 Å². The Morgan fingerprint density at radius 3 is 1.85 bits per heavy atom. The zero-order chi connectivity index (χ0) is 23.3. The van der Waals surface area contributed by atoms with Gasteiger partial charge in [-0.05, 0) is 44.1 Å². The van der Waals surface area contributed by atoms with Crippen molar-refractivity contribution < 1.29 is 19.1 Å². The van der Waals surface area contributed by atoms with Crippen LogP contribution >= 0.6 is 0 Å². The maximum atomic E-state index is 13.4. The largest absolute Gasteiger partial charge is 0.468 e. The molecule has 3 aliphatic carbocycles. The summed E-state index contributed by atoms with van der Waals surface area (Å²) in [5.41, 5.74) is 1.03. The third-order valence-corrected chi connectivity index (χ3v) is 8.15. The van der Waals surface area contributed by atoms with E-state index in [1.807, 2.05) is 18.2 Å². The lowest BCUT2D eigenvalue weighted by molar-refractivity contribution is -0.174. The minimum Gasteiger partial charge on any atom is -0.468 e. The molecule has 5 nitrogen and oxygen atoms in total. The molecule has 1 unspecified atom stereocenters. The molecule has 0 bridgehead atoms. The number of carbonyl (C=O) groups is 2. The van der Waals surface area contributed by atoms with E-state index in [9.17, 15) is 9.59 Å². The minimum atomic E-state index is -1.33. The lowest BCUT2D eigenvalue weighted by atomic mass is 9.75. The molecule has 2 fully saturated rings. The second-order valence-electron chi connectivity index (χ2n) is 10.0.